The van der Waals surface area contributed by atoms with Crippen molar-refractivity contribution in [1.29, 1.82) is 0 Å². The molecule has 6 heteroatoms. The molecular weight excluding hydrogens is 320 g/mol. The van der Waals surface area contributed by atoms with Gasteiger partial charge in [0.25, 0.3) is 0 Å². The lowest BCUT2D eigenvalue weighted by Crippen LogP contribution is -2.48. The van der Waals surface area contributed by atoms with Crippen LogP contribution < -0.4 is 5.32 Å². The average molecular weight is 344 g/mol. The first kappa shape index (κ1) is 17.5. The molecule has 0 bridgehead atoms. The molecule has 1 aromatic heterocycles. The number of furan rings is 1. The highest BCUT2D eigenvalue weighted by molar-refractivity contribution is 5.74. The quantitative estimate of drug-likeness (QED) is 0.905. The van der Waals surface area contributed by atoms with Crippen molar-refractivity contribution in [2.24, 2.45) is 0 Å². The number of hydrogen-bond acceptors (Lipinski definition) is 4. The summed E-state index contributed by atoms with van der Waals surface area (Å²) >= 11 is 0. The Bertz CT molecular complexity index is 686. The maximum Gasteiger partial charge on any atom is 0.318 e. The van der Waals surface area contributed by atoms with E-state index in [0.717, 1.165) is 17.1 Å². The predicted octanol–water partition coefficient (Wildman–Crippen LogP) is 3.06. The van der Waals surface area contributed by atoms with Crippen molar-refractivity contribution in [2.45, 2.75) is 19.1 Å². The fourth-order valence-corrected chi connectivity index (χ4v) is 3.00. The van der Waals surface area contributed by atoms with Gasteiger partial charge in [0.1, 0.15) is 17.6 Å². The molecule has 6 nitrogen and oxygen atoms in total. The van der Waals surface area contributed by atoms with Gasteiger partial charge < -0.3 is 24.1 Å². The number of nitrogens with one attached hydrogen (secondary N) is 1. The van der Waals surface area contributed by atoms with Crippen LogP contribution in [0.2, 0.25) is 0 Å². The maximum atomic E-state index is 12.7. The Hall–Kier alpha value is -2.31. The molecule has 1 aliphatic heterocycles. The van der Waals surface area contributed by atoms with Gasteiger partial charge in [0, 0.05) is 20.2 Å². The molecule has 2 aromatic rings. The number of rotatable bonds is 5. The van der Waals surface area contributed by atoms with Crippen molar-refractivity contribution in [1.82, 2.24) is 10.2 Å². The fourth-order valence-electron chi connectivity index (χ4n) is 3.00. The number of ether oxygens (including phenoxy) is 2. The number of benzene rings is 1. The number of nitrogens with zero attached hydrogens (tertiary/aromatic N) is 1. The number of methoxy groups -OCH3 is 1. The largest absolute Gasteiger partial charge is 0.464 e. The van der Waals surface area contributed by atoms with E-state index in [4.69, 9.17) is 13.9 Å². The minimum Gasteiger partial charge on any atom is -0.464 e. The molecular formula is C19H24N2O4. The summed E-state index contributed by atoms with van der Waals surface area (Å²) in [6.45, 7) is 3.78. The second-order valence-corrected chi connectivity index (χ2v) is 6.05. The minimum atomic E-state index is -0.208. The van der Waals surface area contributed by atoms with E-state index in [1.807, 2.05) is 49.4 Å². The molecule has 0 radical (unpaired) electrons. The highest BCUT2D eigenvalue weighted by Gasteiger charge is 2.31. The van der Waals surface area contributed by atoms with Crippen molar-refractivity contribution in [3.63, 3.8) is 0 Å². The van der Waals surface area contributed by atoms with Crippen molar-refractivity contribution >= 4 is 6.03 Å². The van der Waals surface area contributed by atoms with E-state index >= 15 is 0 Å². The van der Waals surface area contributed by atoms with Crippen molar-refractivity contribution in [3.8, 4) is 0 Å². The van der Waals surface area contributed by atoms with E-state index in [1.165, 1.54) is 0 Å². The molecule has 1 aromatic carbocycles. The fraction of sp³-hybridized carbons (Fsp3) is 0.421. The molecule has 1 N–H and O–H groups in total. The van der Waals surface area contributed by atoms with Gasteiger partial charge in [-0.15, -0.1) is 0 Å². The third-order valence-corrected chi connectivity index (χ3v) is 4.37. The molecule has 134 valence electrons. The molecule has 1 aliphatic rings. The van der Waals surface area contributed by atoms with E-state index in [1.54, 1.807) is 12.0 Å². The Morgan fingerprint density at radius 2 is 2.12 bits per heavy atom. The third kappa shape index (κ3) is 4.21. The summed E-state index contributed by atoms with van der Waals surface area (Å²) in [6, 6.07) is 13.3. The summed E-state index contributed by atoms with van der Waals surface area (Å²) in [5.74, 6) is 1.57. The maximum absolute atomic E-state index is 12.7. The van der Waals surface area contributed by atoms with Gasteiger partial charge in [-0.1, -0.05) is 30.3 Å². The van der Waals surface area contributed by atoms with Crippen LogP contribution in [0.1, 0.15) is 29.2 Å². The van der Waals surface area contributed by atoms with Crippen LogP contribution in [-0.4, -0.2) is 44.3 Å². The number of urea groups is 1. The number of carbonyl (C=O) groups is 1. The first-order valence-electron chi connectivity index (χ1n) is 8.45. The average Bonchev–Trinajstić information content (AvgIpc) is 3.09. The molecule has 0 aliphatic carbocycles. The van der Waals surface area contributed by atoms with E-state index in [0.29, 0.717) is 26.3 Å². The standard InChI is InChI=1S/C19H24N2O4/c1-14-8-9-17(25-14)16-13-24-11-10-21(16)19(22)20-12-18(23-2)15-6-4-3-5-7-15/h3-9,16,18H,10-13H2,1-2H3,(H,20,22). The van der Waals surface area contributed by atoms with Gasteiger partial charge in [0.05, 0.1) is 19.3 Å². The third-order valence-electron chi connectivity index (χ3n) is 4.37. The van der Waals surface area contributed by atoms with E-state index in [-0.39, 0.29) is 18.2 Å². The van der Waals surface area contributed by atoms with E-state index in [2.05, 4.69) is 5.32 Å². The molecule has 25 heavy (non-hydrogen) atoms. The topological polar surface area (TPSA) is 63.9 Å². The summed E-state index contributed by atoms with van der Waals surface area (Å²) < 4.78 is 16.7. The molecule has 1 saturated heterocycles. The molecule has 0 saturated carbocycles. The van der Waals surface area contributed by atoms with Gasteiger partial charge in [0.15, 0.2) is 0 Å². The SMILES string of the molecule is COC(CNC(=O)N1CCOCC1c1ccc(C)o1)c1ccccc1. The summed E-state index contributed by atoms with van der Waals surface area (Å²) in [7, 11) is 1.65. The van der Waals surface area contributed by atoms with Gasteiger partial charge in [-0.3, -0.25) is 0 Å². The normalized spacial score (nSPS) is 18.8. The highest BCUT2D eigenvalue weighted by Crippen LogP contribution is 2.26. The number of carbonyl (C=O) groups excluding carboxylic acids is 1. The lowest BCUT2D eigenvalue weighted by atomic mass is 10.1. The number of amides is 2. The van der Waals surface area contributed by atoms with Crippen LogP contribution in [0.4, 0.5) is 4.79 Å². The smallest absolute Gasteiger partial charge is 0.318 e. The second-order valence-electron chi connectivity index (χ2n) is 6.05. The molecule has 1 fully saturated rings. The Morgan fingerprint density at radius 3 is 2.80 bits per heavy atom. The van der Waals surface area contributed by atoms with Crippen LogP contribution in [-0.2, 0) is 9.47 Å². The molecule has 2 heterocycles. The second kappa shape index (κ2) is 8.18. The summed E-state index contributed by atoms with van der Waals surface area (Å²) in [5.41, 5.74) is 1.03. The first-order valence-corrected chi connectivity index (χ1v) is 8.45. The van der Waals surface area contributed by atoms with Gasteiger partial charge in [0.2, 0.25) is 0 Å². The first-order chi connectivity index (χ1) is 12.2. The zero-order valence-electron chi connectivity index (χ0n) is 14.6. The van der Waals surface area contributed by atoms with E-state index < -0.39 is 0 Å². The van der Waals surface area contributed by atoms with Crippen molar-refractivity contribution in [2.75, 3.05) is 33.4 Å². The van der Waals surface area contributed by atoms with Crippen molar-refractivity contribution < 1.29 is 18.7 Å². The molecule has 2 atom stereocenters. The molecule has 2 amide bonds. The zero-order chi connectivity index (χ0) is 17.6. The number of hydrogen-bond donors (Lipinski definition) is 1. The lowest BCUT2D eigenvalue weighted by Gasteiger charge is -2.34. The highest BCUT2D eigenvalue weighted by atomic mass is 16.5. The zero-order valence-corrected chi connectivity index (χ0v) is 14.6. The minimum absolute atomic E-state index is 0.139. The van der Waals surface area contributed by atoms with Crippen LogP contribution in [0.5, 0.6) is 0 Å². The lowest BCUT2D eigenvalue weighted by molar-refractivity contribution is 0.00303. The Morgan fingerprint density at radius 1 is 1.32 bits per heavy atom. The van der Waals surface area contributed by atoms with Gasteiger partial charge in [-0.25, -0.2) is 4.79 Å². The van der Waals surface area contributed by atoms with Crippen LogP contribution >= 0.6 is 0 Å². The number of aryl methyl sites for hydroxylation is 1. The Balaban J connectivity index is 1.64. The van der Waals surface area contributed by atoms with E-state index in [9.17, 15) is 4.79 Å². The van der Waals surface area contributed by atoms with Gasteiger partial charge in [-0.05, 0) is 24.6 Å². The Labute approximate surface area is 147 Å². The summed E-state index contributed by atoms with van der Waals surface area (Å²) in [6.07, 6.45) is -0.185. The molecule has 2 unspecified atom stereocenters. The number of morpholine rings is 1. The van der Waals surface area contributed by atoms with Crippen molar-refractivity contribution in [3.05, 3.63) is 59.5 Å². The molecule has 3 rings (SSSR count). The van der Waals surface area contributed by atoms with Crippen LogP contribution in [0, 0.1) is 6.92 Å². The summed E-state index contributed by atoms with van der Waals surface area (Å²) in [4.78, 5) is 14.5. The van der Waals surface area contributed by atoms with Crippen LogP contribution in [0.25, 0.3) is 0 Å². The predicted molar refractivity (Wildman–Crippen MR) is 93.3 cm³/mol. The van der Waals surface area contributed by atoms with Gasteiger partial charge >= 0.3 is 6.03 Å². The van der Waals surface area contributed by atoms with Crippen LogP contribution in [0.15, 0.2) is 46.9 Å². The Kier molecular flexibility index (Phi) is 5.73. The summed E-state index contributed by atoms with van der Waals surface area (Å²) in [5, 5.41) is 2.97. The van der Waals surface area contributed by atoms with Crippen LogP contribution in [0.3, 0.4) is 0 Å². The monoisotopic (exact) mass is 344 g/mol. The molecule has 0 spiro atoms. The van der Waals surface area contributed by atoms with Gasteiger partial charge in [-0.2, -0.15) is 0 Å².